The van der Waals surface area contributed by atoms with Gasteiger partial charge in [-0.25, -0.2) is 4.68 Å². The molecule has 0 bridgehead atoms. The Morgan fingerprint density at radius 2 is 2.05 bits per heavy atom. The van der Waals surface area contributed by atoms with E-state index >= 15 is 0 Å². The van der Waals surface area contributed by atoms with Gasteiger partial charge < -0.3 is 5.11 Å². The summed E-state index contributed by atoms with van der Waals surface area (Å²) in [5.74, 6) is -1.64. The van der Waals surface area contributed by atoms with Crippen LogP contribution in [0.1, 0.15) is 31.0 Å². The molecule has 0 amide bonds. The SMILES string of the molecule is Cc1ccc(=O)n(C2CC(O)CCC2C(F)(F)F)n1. The Morgan fingerprint density at radius 3 is 2.68 bits per heavy atom. The third-order valence-corrected chi connectivity index (χ3v) is 3.48. The first-order valence-electron chi connectivity index (χ1n) is 6.10. The van der Waals surface area contributed by atoms with Gasteiger partial charge in [-0.15, -0.1) is 0 Å². The van der Waals surface area contributed by atoms with Crippen molar-refractivity contribution in [1.29, 1.82) is 0 Å². The number of nitrogens with zero attached hydrogens (tertiary/aromatic N) is 2. The molecule has 1 aromatic rings. The van der Waals surface area contributed by atoms with E-state index in [-0.39, 0.29) is 19.3 Å². The summed E-state index contributed by atoms with van der Waals surface area (Å²) in [7, 11) is 0. The van der Waals surface area contributed by atoms with Crippen LogP contribution in [0.15, 0.2) is 16.9 Å². The van der Waals surface area contributed by atoms with E-state index in [1.165, 1.54) is 12.1 Å². The van der Waals surface area contributed by atoms with Crippen LogP contribution >= 0.6 is 0 Å². The number of alkyl halides is 3. The Morgan fingerprint density at radius 1 is 1.37 bits per heavy atom. The fraction of sp³-hybridized carbons (Fsp3) is 0.667. The maximum absolute atomic E-state index is 13.0. The number of aromatic nitrogens is 2. The van der Waals surface area contributed by atoms with E-state index in [9.17, 15) is 23.1 Å². The molecule has 7 heteroatoms. The molecule has 1 aliphatic carbocycles. The van der Waals surface area contributed by atoms with E-state index in [2.05, 4.69) is 5.10 Å². The Hall–Kier alpha value is -1.37. The number of hydrogen-bond acceptors (Lipinski definition) is 3. The summed E-state index contributed by atoms with van der Waals surface area (Å²) in [4.78, 5) is 11.7. The Balaban J connectivity index is 2.42. The number of aryl methyl sites for hydroxylation is 1. The first-order chi connectivity index (χ1) is 8.79. The normalized spacial score (nSPS) is 28.4. The minimum Gasteiger partial charge on any atom is -0.393 e. The smallest absolute Gasteiger partial charge is 0.393 e. The summed E-state index contributed by atoms with van der Waals surface area (Å²) in [5.41, 5.74) is -0.0977. The molecule has 3 unspecified atom stereocenters. The lowest BCUT2D eigenvalue weighted by Gasteiger charge is -2.35. The zero-order chi connectivity index (χ0) is 14.2. The van der Waals surface area contributed by atoms with Crippen molar-refractivity contribution < 1.29 is 18.3 Å². The predicted octanol–water partition coefficient (Wildman–Crippen LogP) is 1.82. The van der Waals surface area contributed by atoms with Crippen LogP contribution in [0.2, 0.25) is 0 Å². The fourth-order valence-corrected chi connectivity index (χ4v) is 2.54. The topological polar surface area (TPSA) is 55.1 Å². The van der Waals surface area contributed by atoms with Gasteiger partial charge >= 0.3 is 6.18 Å². The van der Waals surface area contributed by atoms with Crippen molar-refractivity contribution >= 4 is 0 Å². The first-order valence-corrected chi connectivity index (χ1v) is 6.10. The number of rotatable bonds is 1. The van der Waals surface area contributed by atoms with Crippen molar-refractivity contribution in [3.8, 4) is 0 Å². The van der Waals surface area contributed by atoms with Gasteiger partial charge in [0.1, 0.15) is 0 Å². The van der Waals surface area contributed by atoms with Gasteiger partial charge in [-0.2, -0.15) is 18.3 Å². The monoisotopic (exact) mass is 276 g/mol. The van der Waals surface area contributed by atoms with E-state index < -0.39 is 29.8 Å². The first kappa shape index (κ1) is 14.0. The van der Waals surface area contributed by atoms with Crippen molar-refractivity contribution in [3.63, 3.8) is 0 Å². The lowest BCUT2D eigenvalue weighted by Crippen LogP contribution is -2.42. The van der Waals surface area contributed by atoms with E-state index in [0.29, 0.717) is 5.69 Å². The Labute approximate surface area is 107 Å². The van der Waals surface area contributed by atoms with Crippen LogP contribution in [0.3, 0.4) is 0 Å². The lowest BCUT2D eigenvalue weighted by atomic mass is 9.82. The molecular weight excluding hydrogens is 261 g/mol. The fourth-order valence-electron chi connectivity index (χ4n) is 2.54. The Kier molecular flexibility index (Phi) is 3.66. The van der Waals surface area contributed by atoms with Gasteiger partial charge in [-0.1, -0.05) is 0 Å². The van der Waals surface area contributed by atoms with E-state index in [1.807, 2.05) is 0 Å². The summed E-state index contributed by atoms with van der Waals surface area (Å²) in [6, 6.07) is 1.54. The zero-order valence-corrected chi connectivity index (χ0v) is 10.4. The second-order valence-corrected chi connectivity index (χ2v) is 4.94. The van der Waals surface area contributed by atoms with Crippen LogP contribution in [0.25, 0.3) is 0 Å². The van der Waals surface area contributed by atoms with Crippen LogP contribution in [0.4, 0.5) is 13.2 Å². The average Bonchev–Trinajstić information content (AvgIpc) is 2.30. The molecule has 106 valence electrons. The summed E-state index contributed by atoms with van der Waals surface area (Å²) in [5, 5.41) is 13.5. The molecule has 1 N–H and O–H groups in total. The summed E-state index contributed by atoms with van der Waals surface area (Å²) in [6.45, 7) is 1.61. The lowest BCUT2D eigenvalue weighted by molar-refractivity contribution is -0.200. The van der Waals surface area contributed by atoms with E-state index in [0.717, 1.165) is 4.68 Å². The van der Waals surface area contributed by atoms with Crippen molar-refractivity contribution in [2.45, 2.75) is 44.5 Å². The summed E-state index contributed by atoms with van der Waals surface area (Å²) < 4.78 is 39.9. The molecule has 1 aliphatic rings. The van der Waals surface area contributed by atoms with Gasteiger partial charge in [-0.05, 0) is 32.3 Å². The molecule has 0 saturated heterocycles. The molecule has 1 saturated carbocycles. The number of aliphatic hydroxyl groups excluding tert-OH is 1. The van der Waals surface area contributed by atoms with Crippen molar-refractivity contribution in [3.05, 3.63) is 28.2 Å². The number of aliphatic hydroxyl groups is 1. The molecule has 1 heterocycles. The molecule has 0 aromatic carbocycles. The van der Waals surface area contributed by atoms with Gasteiger partial charge in [0.2, 0.25) is 0 Å². The van der Waals surface area contributed by atoms with E-state index in [1.54, 1.807) is 6.92 Å². The highest BCUT2D eigenvalue weighted by Gasteiger charge is 2.48. The largest absolute Gasteiger partial charge is 0.393 e. The van der Waals surface area contributed by atoms with Crippen LogP contribution in [-0.2, 0) is 0 Å². The second kappa shape index (κ2) is 4.96. The maximum Gasteiger partial charge on any atom is 0.393 e. The van der Waals surface area contributed by atoms with Crippen LogP contribution in [0, 0.1) is 12.8 Å². The molecule has 0 aliphatic heterocycles. The van der Waals surface area contributed by atoms with Crippen molar-refractivity contribution in [1.82, 2.24) is 9.78 Å². The number of hydrogen-bond donors (Lipinski definition) is 1. The molecule has 3 atom stereocenters. The quantitative estimate of drug-likeness (QED) is 0.851. The minimum absolute atomic E-state index is 0.0967. The summed E-state index contributed by atoms with van der Waals surface area (Å²) >= 11 is 0. The number of halogens is 3. The van der Waals surface area contributed by atoms with Crippen molar-refractivity contribution in [2.75, 3.05) is 0 Å². The van der Waals surface area contributed by atoms with Crippen molar-refractivity contribution in [2.24, 2.45) is 5.92 Å². The van der Waals surface area contributed by atoms with Gasteiger partial charge in [-0.3, -0.25) is 4.79 Å². The molecule has 4 nitrogen and oxygen atoms in total. The maximum atomic E-state index is 13.0. The highest BCUT2D eigenvalue weighted by molar-refractivity contribution is 4.99. The Bertz CT molecular complexity index is 512. The van der Waals surface area contributed by atoms with Gasteiger partial charge in [0.25, 0.3) is 5.56 Å². The summed E-state index contributed by atoms with van der Waals surface area (Å²) in [6.07, 6.45) is -5.40. The van der Waals surface area contributed by atoms with Gasteiger partial charge in [0.05, 0.1) is 23.8 Å². The third-order valence-electron chi connectivity index (χ3n) is 3.48. The molecule has 1 fully saturated rings. The molecular formula is C12H15F3N2O2. The molecule has 0 radical (unpaired) electrons. The second-order valence-electron chi connectivity index (χ2n) is 4.94. The molecule has 0 spiro atoms. The van der Waals surface area contributed by atoms with E-state index in [4.69, 9.17) is 0 Å². The van der Waals surface area contributed by atoms with Gasteiger partial charge in [0, 0.05) is 6.07 Å². The molecule has 2 rings (SSSR count). The van der Waals surface area contributed by atoms with Gasteiger partial charge in [0.15, 0.2) is 0 Å². The average molecular weight is 276 g/mol. The predicted molar refractivity (Wildman–Crippen MR) is 61.7 cm³/mol. The molecule has 19 heavy (non-hydrogen) atoms. The zero-order valence-electron chi connectivity index (χ0n) is 10.4. The van der Waals surface area contributed by atoms with Crippen LogP contribution < -0.4 is 5.56 Å². The third kappa shape index (κ3) is 2.97. The highest BCUT2D eigenvalue weighted by atomic mass is 19.4. The minimum atomic E-state index is -4.39. The highest BCUT2D eigenvalue weighted by Crippen LogP contribution is 2.43. The standard InChI is InChI=1S/C12H15F3N2O2/c1-7-2-5-11(19)17(16-7)10-6-8(18)3-4-9(10)12(13,14)15/h2,5,8-10,18H,3-4,6H2,1H3. The molecule has 1 aromatic heterocycles. The van der Waals surface area contributed by atoms with Crippen LogP contribution in [-0.4, -0.2) is 27.2 Å². The van der Waals surface area contributed by atoms with Crippen LogP contribution in [0.5, 0.6) is 0 Å².